The van der Waals surface area contributed by atoms with Crippen LogP contribution < -0.4 is 5.32 Å². The molecule has 2 rings (SSSR count). The van der Waals surface area contributed by atoms with Gasteiger partial charge in [-0.25, -0.2) is 0 Å². The molecule has 0 aliphatic carbocycles. The SMILES string of the molecule is CCNC(=NCCN1CCN(CC)CC1)N1CCC(COC)C1.I. The molecule has 0 amide bonds. The summed E-state index contributed by atoms with van der Waals surface area (Å²) in [7, 11) is 1.79. The summed E-state index contributed by atoms with van der Waals surface area (Å²) >= 11 is 0. The third-order valence-electron chi connectivity index (χ3n) is 4.91. The van der Waals surface area contributed by atoms with E-state index in [1.807, 2.05) is 0 Å². The first kappa shape index (κ1) is 21.9. The molecule has 2 aliphatic rings. The lowest BCUT2D eigenvalue weighted by atomic mass is 10.1. The van der Waals surface area contributed by atoms with E-state index in [1.165, 1.54) is 39.1 Å². The Balaban J connectivity index is 0.00000288. The number of halogens is 1. The number of nitrogens with zero attached hydrogens (tertiary/aromatic N) is 4. The Morgan fingerprint density at radius 2 is 1.83 bits per heavy atom. The quantitative estimate of drug-likeness (QED) is 0.356. The van der Waals surface area contributed by atoms with Crippen molar-refractivity contribution in [2.24, 2.45) is 10.9 Å². The first-order valence-electron chi connectivity index (χ1n) is 9.23. The Morgan fingerprint density at radius 1 is 1.12 bits per heavy atom. The van der Waals surface area contributed by atoms with Crippen LogP contribution >= 0.6 is 24.0 Å². The Labute approximate surface area is 165 Å². The zero-order valence-electron chi connectivity index (χ0n) is 15.7. The highest BCUT2D eigenvalue weighted by Gasteiger charge is 2.24. The third-order valence-corrected chi connectivity index (χ3v) is 4.91. The average molecular weight is 453 g/mol. The van der Waals surface area contributed by atoms with Crippen LogP contribution in [-0.4, -0.2) is 99.8 Å². The molecule has 1 N–H and O–H groups in total. The molecule has 0 aromatic carbocycles. The summed E-state index contributed by atoms with van der Waals surface area (Å²) in [5.74, 6) is 1.73. The number of likely N-dealkylation sites (N-methyl/N-ethyl adjacent to an activating group) is 1. The van der Waals surface area contributed by atoms with Gasteiger partial charge in [-0.1, -0.05) is 6.92 Å². The number of likely N-dealkylation sites (tertiary alicyclic amines) is 1. The van der Waals surface area contributed by atoms with Crippen LogP contribution in [0.3, 0.4) is 0 Å². The zero-order valence-corrected chi connectivity index (χ0v) is 18.0. The van der Waals surface area contributed by atoms with E-state index in [0.29, 0.717) is 5.92 Å². The van der Waals surface area contributed by atoms with E-state index >= 15 is 0 Å². The molecule has 2 fully saturated rings. The van der Waals surface area contributed by atoms with Crippen LogP contribution in [-0.2, 0) is 4.74 Å². The second-order valence-corrected chi connectivity index (χ2v) is 6.57. The van der Waals surface area contributed by atoms with Crippen molar-refractivity contribution in [2.45, 2.75) is 20.3 Å². The normalized spacial score (nSPS) is 23.4. The maximum absolute atomic E-state index is 5.29. The number of methoxy groups -OCH3 is 1. The van der Waals surface area contributed by atoms with Gasteiger partial charge in [-0.2, -0.15) is 0 Å². The lowest BCUT2D eigenvalue weighted by Gasteiger charge is -2.33. The summed E-state index contributed by atoms with van der Waals surface area (Å²) in [5.41, 5.74) is 0. The highest BCUT2D eigenvalue weighted by molar-refractivity contribution is 14.0. The van der Waals surface area contributed by atoms with Gasteiger partial charge in [-0.05, 0) is 19.9 Å². The fourth-order valence-electron chi connectivity index (χ4n) is 3.45. The Hall–Kier alpha value is -0.120. The van der Waals surface area contributed by atoms with E-state index in [0.717, 1.165) is 45.3 Å². The molecule has 1 unspecified atom stereocenters. The first-order chi connectivity index (χ1) is 11.3. The summed E-state index contributed by atoms with van der Waals surface area (Å²) in [4.78, 5) is 12.3. The van der Waals surface area contributed by atoms with Crippen LogP contribution in [0.4, 0.5) is 0 Å². The maximum atomic E-state index is 5.29. The molecular weight excluding hydrogens is 417 g/mol. The molecule has 142 valence electrons. The second-order valence-electron chi connectivity index (χ2n) is 6.57. The molecule has 2 aliphatic heterocycles. The van der Waals surface area contributed by atoms with Crippen molar-refractivity contribution in [1.29, 1.82) is 0 Å². The molecule has 24 heavy (non-hydrogen) atoms. The topological polar surface area (TPSA) is 43.3 Å². The number of guanidine groups is 1. The molecule has 0 bridgehead atoms. The number of nitrogens with one attached hydrogen (secondary N) is 1. The highest BCUT2D eigenvalue weighted by Crippen LogP contribution is 2.16. The zero-order chi connectivity index (χ0) is 16.5. The number of piperazine rings is 1. The number of ether oxygens (including phenoxy) is 1. The van der Waals surface area contributed by atoms with Crippen molar-refractivity contribution in [1.82, 2.24) is 20.0 Å². The van der Waals surface area contributed by atoms with E-state index < -0.39 is 0 Å². The first-order valence-corrected chi connectivity index (χ1v) is 9.23. The molecule has 7 heteroatoms. The van der Waals surface area contributed by atoms with Crippen molar-refractivity contribution >= 4 is 29.9 Å². The van der Waals surface area contributed by atoms with Crippen molar-refractivity contribution < 1.29 is 4.74 Å². The molecule has 1 atom stereocenters. The van der Waals surface area contributed by atoms with Gasteiger partial charge >= 0.3 is 0 Å². The third kappa shape index (κ3) is 7.01. The largest absolute Gasteiger partial charge is 0.384 e. The summed E-state index contributed by atoms with van der Waals surface area (Å²) in [6.45, 7) is 16.2. The highest BCUT2D eigenvalue weighted by atomic mass is 127. The minimum atomic E-state index is 0. The van der Waals surface area contributed by atoms with Crippen molar-refractivity contribution in [2.75, 3.05) is 79.2 Å². The number of rotatable bonds is 7. The Bertz CT molecular complexity index is 361. The minimum absolute atomic E-state index is 0. The molecule has 0 saturated carbocycles. The number of hydrogen-bond donors (Lipinski definition) is 1. The van der Waals surface area contributed by atoms with E-state index in [-0.39, 0.29) is 24.0 Å². The van der Waals surface area contributed by atoms with E-state index in [4.69, 9.17) is 9.73 Å². The van der Waals surface area contributed by atoms with Gasteiger partial charge < -0.3 is 19.9 Å². The molecule has 0 aromatic heterocycles. The van der Waals surface area contributed by atoms with E-state index in [2.05, 4.69) is 33.9 Å². The van der Waals surface area contributed by atoms with Crippen LogP contribution in [0.1, 0.15) is 20.3 Å². The standard InChI is InChI=1S/C17H35N5O.HI/c1-4-18-17(22-8-6-16(14-22)15-23-3)19-7-9-21-12-10-20(5-2)11-13-21;/h16H,4-15H2,1-3H3,(H,18,19);1H. The molecule has 2 saturated heterocycles. The number of hydrogen-bond acceptors (Lipinski definition) is 4. The predicted octanol–water partition coefficient (Wildman–Crippen LogP) is 1.18. The molecule has 2 heterocycles. The Kier molecular flexibility index (Phi) is 11.2. The van der Waals surface area contributed by atoms with Crippen molar-refractivity contribution in [3.63, 3.8) is 0 Å². The monoisotopic (exact) mass is 453 g/mol. The summed E-state index contributed by atoms with van der Waals surface area (Å²) < 4.78 is 5.29. The Morgan fingerprint density at radius 3 is 2.46 bits per heavy atom. The fourth-order valence-corrected chi connectivity index (χ4v) is 3.45. The van der Waals surface area contributed by atoms with Crippen LogP contribution in [0, 0.1) is 5.92 Å². The minimum Gasteiger partial charge on any atom is -0.384 e. The van der Waals surface area contributed by atoms with Gasteiger partial charge in [0.15, 0.2) is 5.96 Å². The van der Waals surface area contributed by atoms with Crippen molar-refractivity contribution in [3.8, 4) is 0 Å². The van der Waals surface area contributed by atoms with Crippen LogP contribution in [0.2, 0.25) is 0 Å². The van der Waals surface area contributed by atoms with E-state index in [9.17, 15) is 0 Å². The summed E-state index contributed by atoms with van der Waals surface area (Å²) in [5, 5.41) is 3.45. The fraction of sp³-hybridized carbons (Fsp3) is 0.941. The molecular formula is C17H36IN5O. The van der Waals surface area contributed by atoms with Gasteiger partial charge in [0, 0.05) is 65.4 Å². The van der Waals surface area contributed by atoms with Gasteiger partial charge in [0.05, 0.1) is 13.2 Å². The van der Waals surface area contributed by atoms with Crippen molar-refractivity contribution in [3.05, 3.63) is 0 Å². The number of aliphatic imine (C=N–C) groups is 1. The average Bonchev–Trinajstić information content (AvgIpc) is 3.03. The molecule has 6 nitrogen and oxygen atoms in total. The smallest absolute Gasteiger partial charge is 0.193 e. The van der Waals surface area contributed by atoms with Gasteiger partial charge in [-0.3, -0.25) is 9.89 Å². The van der Waals surface area contributed by atoms with Gasteiger partial charge in [0.2, 0.25) is 0 Å². The maximum Gasteiger partial charge on any atom is 0.193 e. The second kappa shape index (κ2) is 12.3. The van der Waals surface area contributed by atoms with Gasteiger partial charge in [-0.15, -0.1) is 24.0 Å². The van der Waals surface area contributed by atoms with Crippen LogP contribution in [0.5, 0.6) is 0 Å². The van der Waals surface area contributed by atoms with Gasteiger partial charge in [0.1, 0.15) is 0 Å². The molecule has 0 aromatic rings. The van der Waals surface area contributed by atoms with Crippen LogP contribution in [0.25, 0.3) is 0 Å². The lowest BCUT2D eigenvalue weighted by Crippen LogP contribution is -2.47. The summed E-state index contributed by atoms with van der Waals surface area (Å²) in [6.07, 6.45) is 1.21. The predicted molar refractivity (Wildman–Crippen MR) is 112 cm³/mol. The summed E-state index contributed by atoms with van der Waals surface area (Å²) in [6, 6.07) is 0. The lowest BCUT2D eigenvalue weighted by molar-refractivity contribution is 0.140. The van der Waals surface area contributed by atoms with E-state index in [1.54, 1.807) is 7.11 Å². The molecule has 0 spiro atoms. The molecule has 0 radical (unpaired) electrons. The van der Waals surface area contributed by atoms with Gasteiger partial charge in [0.25, 0.3) is 0 Å². The van der Waals surface area contributed by atoms with Crippen LogP contribution in [0.15, 0.2) is 4.99 Å².